The van der Waals surface area contributed by atoms with Crippen LogP contribution in [0.1, 0.15) is 105 Å². The minimum Gasteiger partial charge on any atom is -0.465 e. The number of rotatable bonds is 17. The van der Waals surface area contributed by atoms with Gasteiger partial charge in [0.25, 0.3) is 0 Å². The zero-order valence-electron chi connectivity index (χ0n) is 18.6. The maximum Gasteiger partial charge on any atom is 0.306 e. The summed E-state index contributed by atoms with van der Waals surface area (Å²) in [6.07, 6.45) is 11.7. The smallest absolute Gasteiger partial charge is 0.306 e. The standard InChI is InChI=1S/C23H44O4/c1-19(2)17-26-22(24)15-13-11-9-7-6-8-10-12-14-21(5)16-23(25)27-18-20(3)4/h19-21H,6-18H2,1-5H3. The number of carbonyl (C=O) groups is 2. The Hall–Kier alpha value is -1.06. The molecule has 0 aliphatic heterocycles. The fourth-order valence-corrected chi connectivity index (χ4v) is 2.86. The Morgan fingerprint density at radius 2 is 1.07 bits per heavy atom. The zero-order valence-corrected chi connectivity index (χ0v) is 18.6. The highest BCUT2D eigenvalue weighted by atomic mass is 16.5. The summed E-state index contributed by atoms with van der Waals surface area (Å²) in [5, 5.41) is 0. The van der Waals surface area contributed by atoms with E-state index in [2.05, 4.69) is 34.6 Å². The van der Waals surface area contributed by atoms with Gasteiger partial charge in [0.15, 0.2) is 0 Å². The molecule has 160 valence electrons. The van der Waals surface area contributed by atoms with E-state index in [1.165, 1.54) is 38.5 Å². The van der Waals surface area contributed by atoms with Crippen LogP contribution in [0, 0.1) is 17.8 Å². The average Bonchev–Trinajstić information content (AvgIpc) is 2.59. The number of carbonyl (C=O) groups excluding carboxylic acids is 2. The van der Waals surface area contributed by atoms with Crippen molar-refractivity contribution in [1.29, 1.82) is 0 Å². The fourth-order valence-electron chi connectivity index (χ4n) is 2.86. The van der Waals surface area contributed by atoms with Gasteiger partial charge in [0.2, 0.25) is 0 Å². The second-order valence-corrected chi connectivity index (χ2v) is 8.83. The summed E-state index contributed by atoms with van der Waals surface area (Å²) in [5.41, 5.74) is 0. The van der Waals surface area contributed by atoms with E-state index in [-0.39, 0.29) is 11.9 Å². The molecular weight excluding hydrogens is 340 g/mol. The van der Waals surface area contributed by atoms with E-state index in [4.69, 9.17) is 9.47 Å². The van der Waals surface area contributed by atoms with Gasteiger partial charge in [-0.05, 0) is 24.2 Å². The van der Waals surface area contributed by atoms with Gasteiger partial charge in [0, 0.05) is 12.8 Å². The minimum atomic E-state index is -0.0516. The lowest BCUT2D eigenvalue weighted by Crippen LogP contribution is -2.13. The Bertz CT molecular complexity index is 377. The summed E-state index contributed by atoms with van der Waals surface area (Å²) in [4.78, 5) is 23.2. The normalized spacial score (nSPS) is 12.4. The molecule has 0 spiro atoms. The molecule has 0 aromatic heterocycles. The Morgan fingerprint density at radius 1 is 0.630 bits per heavy atom. The van der Waals surface area contributed by atoms with Gasteiger partial charge < -0.3 is 9.47 Å². The van der Waals surface area contributed by atoms with E-state index in [1.54, 1.807) is 0 Å². The second-order valence-electron chi connectivity index (χ2n) is 8.83. The van der Waals surface area contributed by atoms with Crippen molar-refractivity contribution in [2.45, 2.75) is 105 Å². The van der Waals surface area contributed by atoms with E-state index in [0.717, 1.165) is 19.3 Å². The first-order valence-corrected chi connectivity index (χ1v) is 11.1. The monoisotopic (exact) mass is 384 g/mol. The maximum absolute atomic E-state index is 11.7. The number of hydrogen-bond donors (Lipinski definition) is 0. The van der Waals surface area contributed by atoms with Gasteiger partial charge >= 0.3 is 11.9 Å². The summed E-state index contributed by atoms with van der Waals surface area (Å²) in [6, 6.07) is 0. The van der Waals surface area contributed by atoms with E-state index < -0.39 is 0 Å². The topological polar surface area (TPSA) is 52.6 Å². The van der Waals surface area contributed by atoms with Crippen LogP contribution in [-0.2, 0) is 19.1 Å². The van der Waals surface area contributed by atoms with Gasteiger partial charge in [-0.15, -0.1) is 0 Å². The molecule has 0 saturated heterocycles. The third-order valence-corrected chi connectivity index (χ3v) is 4.50. The summed E-state index contributed by atoms with van der Waals surface area (Å²) < 4.78 is 10.4. The molecule has 0 radical (unpaired) electrons. The quantitative estimate of drug-likeness (QED) is 0.218. The van der Waals surface area contributed by atoms with Crippen molar-refractivity contribution in [3.8, 4) is 0 Å². The first-order chi connectivity index (χ1) is 12.8. The van der Waals surface area contributed by atoms with Gasteiger partial charge in [0.1, 0.15) is 0 Å². The van der Waals surface area contributed by atoms with E-state index in [9.17, 15) is 9.59 Å². The van der Waals surface area contributed by atoms with Crippen LogP contribution in [0.3, 0.4) is 0 Å². The van der Waals surface area contributed by atoms with Crippen LogP contribution >= 0.6 is 0 Å². The van der Waals surface area contributed by atoms with Crippen LogP contribution in [0.5, 0.6) is 0 Å². The molecule has 0 aromatic carbocycles. The van der Waals surface area contributed by atoms with Crippen LogP contribution < -0.4 is 0 Å². The lowest BCUT2D eigenvalue weighted by molar-refractivity contribution is -0.146. The molecule has 4 nitrogen and oxygen atoms in total. The van der Waals surface area contributed by atoms with Crippen molar-refractivity contribution in [3.63, 3.8) is 0 Å². The second kappa shape index (κ2) is 17.1. The van der Waals surface area contributed by atoms with Crippen molar-refractivity contribution < 1.29 is 19.1 Å². The lowest BCUT2D eigenvalue weighted by atomic mass is 9.99. The van der Waals surface area contributed by atoms with E-state index in [1.807, 2.05) is 0 Å². The highest BCUT2D eigenvalue weighted by molar-refractivity contribution is 5.69. The van der Waals surface area contributed by atoms with Crippen LogP contribution in [-0.4, -0.2) is 25.2 Å². The maximum atomic E-state index is 11.7. The number of hydrogen-bond acceptors (Lipinski definition) is 4. The van der Waals surface area contributed by atoms with Gasteiger partial charge in [0.05, 0.1) is 13.2 Å². The molecular formula is C23H44O4. The largest absolute Gasteiger partial charge is 0.465 e. The molecule has 27 heavy (non-hydrogen) atoms. The molecule has 0 aliphatic carbocycles. The molecule has 0 fully saturated rings. The number of esters is 2. The first kappa shape index (κ1) is 25.9. The molecule has 4 heteroatoms. The van der Waals surface area contributed by atoms with Crippen LogP contribution in [0.2, 0.25) is 0 Å². The first-order valence-electron chi connectivity index (χ1n) is 11.1. The molecule has 0 aromatic rings. The van der Waals surface area contributed by atoms with Crippen molar-refractivity contribution in [2.24, 2.45) is 17.8 Å². The van der Waals surface area contributed by atoms with Crippen molar-refractivity contribution >= 4 is 11.9 Å². The molecule has 0 amide bonds. The van der Waals surface area contributed by atoms with E-state index in [0.29, 0.717) is 43.8 Å². The third-order valence-electron chi connectivity index (χ3n) is 4.50. The van der Waals surface area contributed by atoms with Crippen LogP contribution in [0.15, 0.2) is 0 Å². The highest BCUT2D eigenvalue weighted by Crippen LogP contribution is 2.16. The van der Waals surface area contributed by atoms with E-state index >= 15 is 0 Å². The Labute approximate surface area is 167 Å². The molecule has 0 rings (SSSR count). The van der Waals surface area contributed by atoms with Crippen LogP contribution in [0.4, 0.5) is 0 Å². The summed E-state index contributed by atoms with van der Waals surface area (Å²) in [5.74, 6) is 1.13. The Morgan fingerprint density at radius 3 is 1.59 bits per heavy atom. The third kappa shape index (κ3) is 19.5. The van der Waals surface area contributed by atoms with Crippen molar-refractivity contribution in [1.82, 2.24) is 0 Å². The van der Waals surface area contributed by atoms with Crippen LogP contribution in [0.25, 0.3) is 0 Å². The lowest BCUT2D eigenvalue weighted by Gasteiger charge is -2.12. The molecule has 0 saturated carbocycles. The predicted molar refractivity (Wildman–Crippen MR) is 112 cm³/mol. The molecule has 0 bridgehead atoms. The predicted octanol–water partition coefficient (Wildman–Crippen LogP) is 6.31. The highest BCUT2D eigenvalue weighted by Gasteiger charge is 2.10. The summed E-state index contributed by atoms with van der Waals surface area (Å²) in [6.45, 7) is 11.4. The molecule has 0 heterocycles. The molecule has 1 unspecified atom stereocenters. The van der Waals surface area contributed by atoms with Crippen molar-refractivity contribution in [2.75, 3.05) is 13.2 Å². The number of ether oxygens (including phenoxy) is 2. The molecule has 0 N–H and O–H groups in total. The zero-order chi connectivity index (χ0) is 20.5. The van der Waals surface area contributed by atoms with Gasteiger partial charge in [-0.25, -0.2) is 0 Å². The molecule has 1 atom stereocenters. The SMILES string of the molecule is CC(C)COC(=O)CCCCCCCCCCC(C)CC(=O)OCC(C)C. The fraction of sp³-hybridized carbons (Fsp3) is 0.913. The number of unbranched alkanes of at least 4 members (excludes halogenated alkanes) is 7. The van der Waals surface area contributed by atoms with Gasteiger partial charge in [-0.2, -0.15) is 0 Å². The molecule has 0 aliphatic rings. The van der Waals surface area contributed by atoms with Crippen molar-refractivity contribution in [3.05, 3.63) is 0 Å². The van der Waals surface area contributed by atoms with Gasteiger partial charge in [-0.1, -0.05) is 86.0 Å². The van der Waals surface area contributed by atoms with Gasteiger partial charge in [-0.3, -0.25) is 9.59 Å². The summed E-state index contributed by atoms with van der Waals surface area (Å²) >= 11 is 0. The average molecular weight is 385 g/mol. The summed E-state index contributed by atoms with van der Waals surface area (Å²) in [7, 11) is 0. The Balaban J connectivity index is 3.37. The minimum absolute atomic E-state index is 0.0501. The Kier molecular flexibility index (Phi) is 16.4.